The Hall–Kier alpha value is -2.76. The van der Waals surface area contributed by atoms with E-state index >= 15 is 0 Å². The van der Waals surface area contributed by atoms with Gasteiger partial charge in [-0.25, -0.2) is 4.79 Å². The summed E-state index contributed by atoms with van der Waals surface area (Å²) < 4.78 is 34.0. The van der Waals surface area contributed by atoms with E-state index in [0.29, 0.717) is 5.56 Å². The summed E-state index contributed by atoms with van der Waals surface area (Å²) in [5.74, 6) is -1.59. The zero-order valence-electron chi connectivity index (χ0n) is 12.2. The highest BCUT2D eigenvalue weighted by molar-refractivity contribution is 6.01. The Labute approximate surface area is 131 Å². The topological polar surface area (TPSA) is 52.6 Å². The second-order valence-corrected chi connectivity index (χ2v) is 4.65. The van der Waals surface area contributed by atoms with Gasteiger partial charge in [0.1, 0.15) is 11.3 Å². The van der Waals surface area contributed by atoms with E-state index in [1.807, 2.05) is 0 Å². The Bertz CT molecular complexity index is 686. The lowest BCUT2D eigenvalue weighted by atomic mass is 10.1. The van der Waals surface area contributed by atoms with Crippen molar-refractivity contribution in [2.24, 2.45) is 0 Å². The van der Waals surface area contributed by atoms with Gasteiger partial charge >= 0.3 is 12.6 Å². The van der Waals surface area contributed by atoms with Gasteiger partial charge in [-0.05, 0) is 19.1 Å². The maximum absolute atomic E-state index is 12.3. The monoisotopic (exact) mass is 320 g/mol. The van der Waals surface area contributed by atoms with Gasteiger partial charge in [-0.3, -0.25) is 4.79 Å². The van der Waals surface area contributed by atoms with Crippen molar-refractivity contribution in [1.29, 1.82) is 0 Å². The minimum Gasteiger partial charge on any atom is -0.451 e. The lowest BCUT2D eigenvalue weighted by Gasteiger charge is -2.14. The summed E-state index contributed by atoms with van der Waals surface area (Å²) in [6, 6.07) is 13.8. The SMILES string of the molecule is CC(OC(=O)c1ccccc1OC(F)F)C(=O)c1ccccc1. The third-order valence-electron chi connectivity index (χ3n) is 3.03. The molecule has 0 heterocycles. The van der Waals surface area contributed by atoms with Crippen molar-refractivity contribution < 1.29 is 27.8 Å². The summed E-state index contributed by atoms with van der Waals surface area (Å²) in [6.45, 7) is -1.64. The highest BCUT2D eigenvalue weighted by atomic mass is 19.3. The minimum absolute atomic E-state index is 0.166. The van der Waals surface area contributed by atoms with Gasteiger partial charge in [0.15, 0.2) is 6.10 Å². The lowest BCUT2D eigenvalue weighted by Crippen LogP contribution is -2.24. The van der Waals surface area contributed by atoms with Crippen LogP contribution in [0.1, 0.15) is 27.6 Å². The van der Waals surface area contributed by atoms with Crippen molar-refractivity contribution in [2.45, 2.75) is 19.6 Å². The molecule has 1 unspecified atom stereocenters. The number of carbonyl (C=O) groups excluding carboxylic acids is 2. The Balaban J connectivity index is 2.11. The number of ether oxygens (including phenoxy) is 2. The molecule has 0 fully saturated rings. The first kappa shape index (κ1) is 16.6. The molecular weight excluding hydrogens is 306 g/mol. The second kappa shape index (κ2) is 7.49. The molecule has 4 nitrogen and oxygen atoms in total. The third-order valence-corrected chi connectivity index (χ3v) is 3.03. The second-order valence-electron chi connectivity index (χ2n) is 4.65. The molecule has 0 aromatic heterocycles. The molecule has 2 aromatic carbocycles. The van der Waals surface area contributed by atoms with Gasteiger partial charge in [-0.2, -0.15) is 8.78 Å². The fourth-order valence-corrected chi connectivity index (χ4v) is 1.95. The highest BCUT2D eigenvalue weighted by Gasteiger charge is 2.23. The molecule has 23 heavy (non-hydrogen) atoms. The largest absolute Gasteiger partial charge is 0.451 e. The first-order valence-electron chi connectivity index (χ1n) is 6.83. The molecule has 0 bridgehead atoms. The molecule has 0 saturated heterocycles. The molecule has 0 aliphatic rings. The van der Waals surface area contributed by atoms with Crippen LogP contribution in [0.25, 0.3) is 0 Å². The Morgan fingerprint density at radius 3 is 2.22 bits per heavy atom. The maximum Gasteiger partial charge on any atom is 0.387 e. The van der Waals surface area contributed by atoms with E-state index in [4.69, 9.17) is 4.74 Å². The van der Waals surface area contributed by atoms with E-state index in [0.717, 1.165) is 0 Å². The molecule has 2 aromatic rings. The fraction of sp³-hybridized carbons (Fsp3) is 0.176. The van der Waals surface area contributed by atoms with Gasteiger partial charge in [-0.1, -0.05) is 42.5 Å². The summed E-state index contributed by atoms with van der Waals surface area (Å²) in [5.41, 5.74) is 0.227. The van der Waals surface area contributed by atoms with Crippen molar-refractivity contribution in [2.75, 3.05) is 0 Å². The van der Waals surface area contributed by atoms with Gasteiger partial charge in [0.05, 0.1) is 0 Å². The number of carbonyl (C=O) groups is 2. The van der Waals surface area contributed by atoms with Crippen molar-refractivity contribution >= 4 is 11.8 Å². The molecule has 0 saturated carbocycles. The van der Waals surface area contributed by atoms with Crippen LogP contribution in [0.5, 0.6) is 5.75 Å². The number of hydrogen-bond acceptors (Lipinski definition) is 4. The number of rotatable bonds is 6. The van der Waals surface area contributed by atoms with Crippen LogP contribution >= 0.6 is 0 Å². The molecule has 2 rings (SSSR count). The Morgan fingerprint density at radius 1 is 0.957 bits per heavy atom. The van der Waals surface area contributed by atoms with Gasteiger partial charge in [0, 0.05) is 5.56 Å². The van der Waals surface area contributed by atoms with E-state index in [-0.39, 0.29) is 17.1 Å². The van der Waals surface area contributed by atoms with Crippen LogP contribution in [-0.4, -0.2) is 24.5 Å². The van der Waals surface area contributed by atoms with Crippen LogP contribution < -0.4 is 4.74 Å². The lowest BCUT2D eigenvalue weighted by molar-refractivity contribution is -0.0505. The molecule has 0 N–H and O–H groups in total. The molecule has 0 spiro atoms. The van der Waals surface area contributed by atoms with Crippen LogP contribution in [-0.2, 0) is 4.74 Å². The fourth-order valence-electron chi connectivity index (χ4n) is 1.95. The van der Waals surface area contributed by atoms with Gasteiger partial charge in [-0.15, -0.1) is 0 Å². The molecule has 1 atom stereocenters. The number of halogens is 2. The number of benzene rings is 2. The molecule has 120 valence electrons. The van der Waals surface area contributed by atoms with Crippen LogP contribution in [0.2, 0.25) is 0 Å². The van der Waals surface area contributed by atoms with Crippen molar-refractivity contribution in [3.8, 4) is 5.75 Å². The predicted molar refractivity (Wildman–Crippen MR) is 78.7 cm³/mol. The average Bonchev–Trinajstić information content (AvgIpc) is 2.54. The minimum atomic E-state index is -3.06. The van der Waals surface area contributed by atoms with E-state index in [9.17, 15) is 18.4 Å². The molecule has 0 radical (unpaired) electrons. The van der Waals surface area contributed by atoms with E-state index in [2.05, 4.69) is 4.74 Å². The molecule has 0 aliphatic carbocycles. The normalized spacial score (nSPS) is 11.8. The molecular formula is C17H14F2O4. The van der Waals surface area contributed by atoms with Crippen molar-refractivity contribution in [3.63, 3.8) is 0 Å². The zero-order chi connectivity index (χ0) is 16.8. The van der Waals surface area contributed by atoms with Gasteiger partial charge in [0.25, 0.3) is 0 Å². The van der Waals surface area contributed by atoms with Crippen LogP contribution in [0.3, 0.4) is 0 Å². The summed E-state index contributed by atoms with van der Waals surface area (Å²) in [4.78, 5) is 24.2. The molecule has 6 heteroatoms. The Kier molecular flexibility index (Phi) is 5.41. The maximum atomic E-state index is 12.3. The smallest absolute Gasteiger partial charge is 0.387 e. The van der Waals surface area contributed by atoms with Gasteiger partial charge < -0.3 is 9.47 Å². The molecule has 0 aliphatic heterocycles. The number of alkyl halides is 2. The van der Waals surface area contributed by atoms with Crippen molar-refractivity contribution in [3.05, 3.63) is 65.7 Å². The molecule has 0 amide bonds. The zero-order valence-corrected chi connectivity index (χ0v) is 12.2. The summed E-state index contributed by atoms with van der Waals surface area (Å²) in [7, 11) is 0. The number of ketones is 1. The van der Waals surface area contributed by atoms with E-state index < -0.39 is 18.7 Å². The van der Waals surface area contributed by atoms with E-state index in [1.54, 1.807) is 30.3 Å². The summed E-state index contributed by atoms with van der Waals surface area (Å²) >= 11 is 0. The average molecular weight is 320 g/mol. The number of Topliss-reactive ketones (excluding diaryl/α,β-unsaturated/α-hetero) is 1. The summed E-state index contributed by atoms with van der Waals surface area (Å²) in [6.07, 6.45) is -1.05. The van der Waals surface area contributed by atoms with E-state index in [1.165, 1.54) is 31.2 Å². The van der Waals surface area contributed by atoms with Crippen LogP contribution in [0, 0.1) is 0 Å². The van der Waals surface area contributed by atoms with Crippen LogP contribution in [0.15, 0.2) is 54.6 Å². The first-order chi connectivity index (χ1) is 11.0. The highest BCUT2D eigenvalue weighted by Crippen LogP contribution is 2.22. The number of esters is 1. The first-order valence-corrected chi connectivity index (χ1v) is 6.83. The third kappa shape index (κ3) is 4.35. The standard InChI is InChI=1S/C17H14F2O4/c1-11(15(20)12-7-3-2-4-8-12)22-16(21)13-9-5-6-10-14(13)23-17(18)19/h2-11,17H,1H3. The predicted octanol–water partition coefficient (Wildman–Crippen LogP) is 3.72. The van der Waals surface area contributed by atoms with Gasteiger partial charge in [0.2, 0.25) is 5.78 Å². The number of para-hydroxylation sites is 1. The quantitative estimate of drug-likeness (QED) is 0.601. The van der Waals surface area contributed by atoms with Crippen molar-refractivity contribution in [1.82, 2.24) is 0 Å². The summed E-state index contributed by atoms with van der Waals surface area (Å²) in [5, 5.41) is 0. The number of hydrogen-bond donors (Lipinski definition) is 0. The van der Waals surface area contributed by atoms with Crippen LogP contribution in [0.4, 0.5) is 8.78 Å². The Morgan fingerprint density at radius 2 is 1.57 bits per heavy atom.